The van der Waals surface area contributed by atoms with Gasteiger partial charge in [-0.15, -0.1) is 0 Å². The maximum atomic E-state index is 13.5. The fourth-order valence-electron chi connectivity index (χ4n) is 5.73. The van der Waals surface area contributed by atoms with E-state index in [1.165, 1.54) is 44.9 Å². The molecule has 0 bridgehead atoms. The standard InChI is InChI=1S/C19H26N2O2.C12H19FN2O4.CH3.V/c1-23-15-11-12-16-18(13-15)21-19(22)17(20-16)10-4-2-3-7-14-8-5-6-9-14;1-12(2,3)9(14-11(18)19)10(17)15-5-4-7(13)8(15)6-16;;/h11-14H,2-10H2,1H3,(H,21,22);6-9,14H,4-5H2,1-3H3,(H,18,19);1H3;/q;;-1;/t;7?,8?,9-;;/m.1../s1. The second-order valence-electron chi connectivity index (χ2n) is 12.4. The van der Waals surface area contributed by atoms with Gasteiger partial charge in [-0.3, -0.25) is 9.59 Å². The SMILES string of the molecule is CC(C)(C)[C@H](NC(=O)O)C(=O)N1CCC(F)C1C=O.COc1ccc2nc(CCCCCC3CCCC3)c(=O)[nH]c2c1.[CH3-].[V]. The molecule has 1 aromatic heterocycles. The van der Waals surface area contributed by atoms with E-state index in [0.29, 0.717) is 12.0 Å². The zero-order valence-electron chi connectivity index (χ0n) is 26.6. The Morgan fingerprint density at radius 1 is 1.20 bits per heavy atom. The molecule has 3 atom stereocenters. The maximum Gasteiger partial charge on any atom is 0.405 e. The molecule has 1 radical (unpaired) electrons. The minimum atomic E-state index is -1.38. The number of nitrogens with zero attached hydrogens (tertiary/aromatic N) is 2. The number of H-pyrrole nitrogens is 1. The number of aromatic nitrogens is 2. The van der Waals surface area contributed by atoms with Gasteiger partial charge in [0, 0.05) is 31.2 Å². The van der Waals surface area contributed by atoms with Crippen LogP contribution < -0.4 is 15.6 Å². The monoisotopic (exact) mass is 654 g/mol. The molecule has 245 valence electrons. The summed E-state index contributed by atoms with van der Waals surface area (Å²) in [5.74, 6) is 1.13. The number of halogens is 1. The number of likely N-dealkylation sites (tertiary alicyclic amines) is 1. The van der Waals surface area contributed by atoms with Crippen LogP contribution in [0.1, 0.15) is 84.3 Å². The second kappa shape index (κ2) is 18.1. The summed E-state index contributed by atoms with van der Waals surface area (Å²) in [5.41, 5.74) is 1.48. The molecule has 2 heterocycles. The van der Waals surface area contributed by atoms with Gasteiger partial charge in [0.15, 0.2) is 0 Å². The molecule has 2 unspecified atom stereocenters. The number of rotatable bonds is 10. The summed E-state index contributed by atoms with van der Waals surface area (Å²) in [6.07, 6.45) is 9.13. The van der Waals surface area contributed by atoms with Gasteiger partial charge in [0.2, 0.25) is 5.91 Å². The van der Waals surface area contributed by atoms with Crippen LogP contribution in [-0.4, -0.2) is 70.2 Å². The van der Waals surface area contributed by atoms with Crippen molar-refractivity contribution in [2.75, 3.05) is 13.7 Å². The average molecular weight is 655 g/mol. The van der Waals surface area contributed by atoms with E-state index in [1.54, 1.807) is 27.9 Å². The van der Waals surface area contributed by atoms with Gasteiger partial charge in [-0.05, 0) is 42.7 Å². The Kier molecular flexibility index (Phi) is 16.1. The number of benzene rings is 1. The summed E-state index contributed by atoms with van der Waals surface area (Å²) in [4.78, 5) is 54.6. The number of ether oxygens (including phenoxy) is 1. The van der Waals surface area contributed by atoms with Crippen molar-refractivity contribution < 1.29 is 47.2 Å². The minimum Gasteiger partial charge on any atom is -0.497 e. The Hall–Kier alpha value is -2.92. The fraction of sp³-hybridized carbons (Fsp3) is 0.625. The molecule has 1 aliphatic heterocycles. The number of nitrogens with one attached hydrogen (secondary N) is 2. The zero-order valence-corrected chi connectivity index (χ0v) is 28.0. The number of amides is 2. The molecule has 2 fully saturated rings. The number of hydrogen-bond donors (Lipinski definition) is 3. The molecule has 1 aliphatic carbocycles. The van der Waals surface area contributed by atoms with Gasteiger partial charge in [-0.25, -0.2) is 14.2 Å². The van der Waals surface area contributed by atoms with Crippen LogP contribution in [0, 0.1) is 18.8 Å². The maximum absolute atomic E-state index is 13.5. The van der Waals surface area contributed by atoms with Gasteiger partial charge in [0.1, 0.15) is 36.0 Å². The molecule has 2 aromatic rings. The van der Waals surface area contributed by atoms with Gasteiger partial charge < -0.3 is 37.3 Å². The quantitative estimate of drug-likeness (QED) is 0.175. The normalized spacial score (nSPS) is 18.8. The van der Waals surface area contributed by atoms with Crippen molar-refractivity contribution in [2.45, 2.75) is 103 Å². The van der Waals surface area contributed by atoms with Crippen LogP contribution in [0.25, 0.3) is 11.0 Å². The molecule has 3 N–H and O–H groups in total. The Balaban J connectivity index is 0.000000429. The summed E-state index contributed by atoms with van der Waals surface area (Å²) < 4.78 is 18.6. The number of fused-ring (bicyclic) bond motifs is 1. The molecule has 2 amide bonds. The molecule has 2 aliphatic rings. The first-order valence-corrected chi connectivity index (χ1v) is 14.9. The van der Waals surface area contributed by atoms with Gasteiger partial charge >= 0.3 is 6.09 Å². The van der Waals surface area contributed by atoms with Crippen LogP contribution >= 0.6 is 0 Å². The van der Waals surface area contributed by atoms with E-state index in [9.17, 15) is 23.6 Å². The minimum absolute atomic E-state index is 0. The largest absolute Gasteiger partial charge is 0.497 e. The van der Waals surface area contributed by atoms with Crippen LogP contribution in [0.2, 0.25) is 0 Å². The molecular formula is C32H48FN4O6V-. The first-order valence-electron chi connectivity index (χ1n) is 14.9. The molecule has 10 nitrogen and oxygen atoms in total. The number of carbonyl (C=O) groups excluding carboxylic acids is 2. The number of aldehydes is 1. The van der Waals surface area contributed by atoms with E-state index < -0.39 is 35.7 Å². The zero-order chi connectivity index (χ0) is 30.9. The van der Waals surface area contributed by atoms with Crippen molar-refractivity contribution in [1.29, 1.82) is 0 Å². The molecule has 4 rings (SSSR count). The topological polar surface area (TPSA) is 142 Å². The smallest absolute Gasteiger partial charge is 0.405 e. The summed E-state index contributed by atoms with van der Waals surface area (Å²) in [7, 11) is 1.62. The third-order valence-corrected chi connectivity index (χ3v) is 8.15. The van der Waals surface area contributed by atoms with Crippen LogP contribution in [0.5, 0.6) is 5.75 Å². The summed E-state index contributed by atoms with van der Waals surface area (Å²) in [6, 6.07) is 3.45. The van der Waals surface area contributed by atoms with E-state index in [1.807, 2.05) is 18.2 Å². The number of hydrogen-bond acceptors (Lipinski definition) is 6. The van der Waals surface area contributed by atoms with Crippen LogP contribution in [0.3, 0.4) is 0 Å². The average Bonchev–Trinajstić information content (AvgIpc) is 3.60. The first-order chi connectivity index (χ1) is 19.9. The van der Waals surface area contributed by atoms with Crippen molar-refractivity contribution in [2.24, 2.45) is 11.3 Å². The van der Waals surface area contributed by atoms with Crippen molar-refractivity contribution in [1.82, 2.24) is 20.2 Å². The number of alkyl halides is 1. The number of carbonyl (C=O) groups is 3. The second-order valence-corrected chi connectivity index (χ2v) is 12.4. The van der Waals surface area contributed by atoms with Crippen LogP contribution in [0.4, 0.5) is 9.18 Å². The summed E-state index contributed by atoms with van der Waals surface area (Å²) in [5, 5.41) is 10.9. The third-order valence-electron chi connectivity index (χ3n) is 8.15. The molecule has 1 aromatic carbocycles. The van der Waals surface area contributed by atoms with Crippen molar-refractivity contribution in [3.8, 4) is 5.75 Å². The molecular weight excluding hydrogens is 606 g/mol. The Labute approximate surface area is 271 Å². The number of methoxy groups -OCH3 is 1. The Morgan fingerprint density at radius 3 is 2.48 bits per heavy atom. The number of aromatic amines is 1. The van der Waals surface area contributed by atoms with Gasteiger partial charge in [0.25, 0.3) is 5.56 Å². The van der Waals surface area contributed by atoms with E-state index in [2.05, 4.69) is 15.3 Å². The molecule has 0 spiro atoms. The van der Waals surface area contributed by atoms with Crippen molar-refractivity contribution in [3.05, 3.63) is 41.7 Å². The van der Waals surface area contributed by atoms with E-state index in [4.69, 9.17) is 9.84 Å². The van der Waals surface area contributed by atoms with Crippen LogP contribution in [0.15, 0.2) is 23.0 Å². The van der Waals surface area contributed by atoms with Crippen molar-refractivity contribution in [3.63, 3.8) is 0 Å². The van der Waals surface area contributed by atoms with E-state index in [0.717, 1.165) is 40.4 Å². The molecule has 1 saturated heterocycles. The van der Waals surface area contributed by atoms with Gasteiger partial charge in [-0.1, -0.05) is 65.7 Å². The van der Waals surface area contributed by atoms with E-state index >= 15 is 0 Å². The Bertz CT molecular complexity index is 1280. The fourth-order valence-corrected chi connectivity index (χ4v) is 5.73. The number of aryl methyl sites for hydroxylation is 1. The van der Waals surface area contributed by atoms with Crippen molar-refractivity contribution >= 4 is 29.3 Å². The summed E-state index contributed by atoms with van der Waals surface area (Å²) in [6.45, 7) is 5.22. The summed E-state index contributed by atoms with van der Waals surface area (Å²) >= 11 is 0. The molecule has 1 saturated carbocycles. The first kappa shape index (κ1) is 39.1. The predicted octanol–water partition coefficient (Wildman–Crippen LogP) is 5.48. The van der Waals surface area contributed by atoms with Gasteiger partial charge in [0.05, 0.1) is 18.1 Å². The van der Waals surface area contributed by atoms with E-state index in [-0.39, 0.29) is 44.5 Å². The number of unbranched alkanes of at least 4 members (excludes halogenated alkanes) is 2. The van der Waals surface area contributed by atoms with Crippen LogP contribution in [-0.2, 0) is 34.6 Å². The molecule has 12 heteroatoms. The van der Waals surface area contributed by atoms with Gasteiger partial charge in [-0.2, -0.15) is 0 Å². The third kappa shape index (κ3) is 10.9. The Morgan fingerprint density at radius 2 is 1.89 bits per heavy atom. The number of carboxylic acid groups (broad SMARTS) is 1. The predicted molar refractivity (Wildman–Crippen MR) is 165 cm³/mol. The molecule has 44 heavy (non-hydrogen) atoms.